The third-order valence-corrected chi connectivity index (χ3v) is 17.8. The normalized spacial score (nSPS) is 13.5. The maximum Gasteiger partial charge on any atom is -0.147 e. The van der Waals surface area contributed by atoms with Gasteiger partial charge in [-0.3, -0.25) is 0 Å². The molecule has 0 atom stereocenters. The Kier molecular flexibility index (Phi) is 11.9. The van der Waals surface area contributed by atoms with Crippen molar-refractivity contribution in [1.82, 2.24) is 0 Å². The van der Waals surface area contributed by atoms with Gasteiger partial charge in [0.1, 0.15) is 0 Å². The zero-order valence-corrected chi connectivity index (χ0v) is 34.7. The van der Waals surface area contributed by atoms with Crippen molar-refractivity contribution in [3.05, 3.63) is 145 Å². The Labute approximate surface area is 311 Å². The molecule has 3 heteroatoms. The standard InChI is InChI=1S/C21H25.C19H22.C5H5.2ClH.Zr/c1-20(2,3)16-7-9-18-14(12-16)11-15-13-17(21(4,5)6)8-10-19(15)18;1-14(2)18-9-5-16(6-10-18)13-17-7-11-19(12-8-17)15(3)4;1-2-4-5-3-1;;;/h7-10,12H,11H2,1-6H3;5-12,14-15H,1-4H3;1-3H,4H2;2*1H;. The van der Waals surface area contributed by atoms with E-state index in [1.165, 1.54) is 44.5 Å². The van der Waals surface area contributed by atoms with Gasteiger partial charge in [0.25, 0.3) is 0 Å². The van der Waals surface area contributed by atoms with Crippen LogP contribution in [-0.2, 0) is 38.5 Å². The molecular formula is C45H54Cl2Zr. The fraction of sp³-hybridized carbons (Fsp3) is 0.356. The van der Waals surface area contributed by atoms with E-state index < -0.39 is 21.3 Å². The fourth-order valence-electron chi connectivity index (χ4n) is 7.26. The van der Waals surface area contributed by atoms with Gasteiger partial charge >= 0.3 is 288 Å². The molecule has 0 aliphatic heterocycles. The van der Waals surface area contributed by atoms with Crippen molar-refractivity contribution in [3.8, 4) is 11.1 Å². The van der Waals surface area contributed by atoms with Crippen LogP contribution in [0.3, 0.4) is 0 Å². The molecule has 252 valence electrons. The average Bonchev–Trinajstić information content (AvgIpc) is 3.67. The molecule has 6 rings (SSSR count). The van der Waals surface area contributed by atoms with Gasteiger partial charge in [-0.15, -0.1) is 24.8 Å². The van der Waals surface area contributed by atoms with E-state index >= 15 is 0 Å². The second-order valence-corrected chi connectivity index (χ2v) is 22.1. The number of fused-ring (bicyclic) bond motifs is 3. The first-order chi connectivity index (χ1) is 21.7. The molecule has 0 amide bonds. The minimum atomic E-state index is -2.81. The minimum Gasteiger partial charge on any atom is -0.147 e. The summed E-state index contributed by atoms with van der Waals surface area (Å²) in [5, 5.41) is 0. The van der Waals surface area contributed by atoms with E-state index in [0.717, 1.165) is 12.8 Å². The largest absolute Gasteiger partial charge is 0.147 e. The third kappa shape index (κ3) is 7.55. The van der Waals surface area contributed by atoms with Gasteiger partial charge < -0.3 is 0 Å². The van der Waals surface area contributed by atoms with E-state index in [2.05, 4.69) is 166 Å². The molecule has 0 spiro atoms. The molecule has 0 N–H and O–H groups in total. The van der Waals surface area contributed by atoms with Crippen molar-refractivity contribution in [3.63, 3.8) is 0 Å². The summed E-state index contributed by atoms with van der Waals surface area (Å²) >= 11 is -2.81. The smallest absolute Gasteiger partial charge is 0.147 e. The molecule has 0 fully saturated rings. The molecule has 0 radical (unpaired) electrons. The van der Waals surface area contributed by atoms with Crippen LogP contribution in [0.25, 0.3) is 11.1 Å². The number of hydrogen-bond donors (Lipinski definition) is 0. The quantitative estimate of drug-likeness (QED) is 0.162. The minimum absolute atomic E-state index is 0. The van der Waals surface area contributed by atoms with Crippen LogP contribution >= 0.6 is 24.8 Å². The molecule has 4 aromatic carbocycles. The van der Waals surface area contributed by atoms with Crippen molar-refractivity contribution in [2.24, 2.45) is 0 Å². The van der Waals surface area contributed by atoms with E-state index in [9.17, 15) is 0 Å². The number of hydrogen-bond acceptors (Lipinski definition) is 0. The maximum atomic E-state index is 2.51. The Bertz CT molecular complexity index is 1820. The van der Waals surface area contributed by atoms with Crippen molar-refractivity contribution < 1.29 is 21.3 Å². The summed E-state index contributed by atoms with van der Waals surface area (Å²) in [6.07, 6.45) is 9.31. The average molecular weight is 757 g/mol. The first-order valence-corrected chi connectivity index (χ1v) is 21.0. The van der Waals surface area contributed by atoms with Gasteiger partial charge in [0.2, 0.25) is 0 Å². The fourth-order valence-corrected chi connectivity index (χ4v) is 16.2. The first-order valence-electron chi connectivity index (χ1n) is 17.4. The van der Waals surface area contributed by atoms with Crippen LogP contribution < -0.4 is 3.27 Å². The molecule has 0 unspecified atom stereocenters. The van der Waals surface area contributed by atoms with Crippen molar-refractivity contribution in [2.45, 2.75) is 105 Å². The van der Waals surface area contributed by atoms with E-state index in [-0.39, 0.29) is 35.6 Å². The SMILES string of the molecule is CC(C)c1ccc([C](c2ccc(C(C)C)cc2)=[Zr]([C]2=CC=CC2)[c]2c(C(C)(C)C)ccc3c2Cc2cc(C(C)(C)C)ccc2-3)cc1.Cl.Cl. The van der Waals surface area contributed by atoms with Crippen molar-refractivity contribution >= 4 is 31.3 Å². The van der Waals surface area contributed by atoms with Crippen molar-refractivity contribution in [2.75, 3.05) is 0 Å². The summed E-state index contributed by atoms with van der Waals surface area (Å²) in [7, 11) is 0. The topological polar surface area (TPSA) is 0 Å². The van der Waals surface area contributed by atoms with E-state index in [0.29, 0.717) is 11.8 Å². The van der Waals surface area contributed by atoms with E-state index in [1.807, 2.05) is 0 Å². The summed E-state index contributed by atoms with van der Waals surface area (Å²) in [6, 6.07) is 31.6. The van der Waals surface area contributed by atoms with Gasteiger partial charge in [0, 0.05) is 0 Å². The number of allylic oxidation sites excluding steroid dienone is 4. The van der Waals surface area contributed by atoms with Gasteiger partial charge in [-0.05, 0) is 0 Å². The van der Waals surface area contributed by atoms with Crippen LogP contribution in [0, 0.1) is 0 Å². The second-order valence-electron chi connectivity index (χ2n) is 16.2. The molecule has 0 saturated heterocycles. The maximum absolute atomic E-state index is 2.81. The summed E-state index contributed by atoms with van der Waals surface area (Å²) in [4.78, 5) is 0. The van der Waals surface area contributed by atoms with Crippen LogP contribution in [0.15, 0.2) is 100 Å². The monoisotopic (exact) mass is 754 g/mol. The molecule has 48 heavy (non-hydrogen) atoms. The van der Waals surface area contributed by atoms with E-state index in [4.69, 9.17) is 0 Å². The Balaban J connectivity index is 0.00000260. The molecule has 2 aliphatic carbocycles. The third-order valence-electron chi connectivity index (χ3n) is 10.1. The summed E-state index contributed by atoms with van der Waals surface area (Å²) in [5.74, 6) is 1.04. The summed E-state index contributed by atoms with van der Waals surface area (Å²) in [5.41, 5.74) is 14.8. The van der Waals surface area contributed by atoms with Gasteiger partial charge in [-0.2, -0.15) is 0 Å². The van der Waals surface area contributed by atoms with Crippen LogP contribution in [0.1, 0.15) is 132 Å². The number of halogens is 2. The van der Waals surface area contributed by atoms with Crippen LogP contribution in [0.2, 0.25) is 0 Å². The van der Waals surface area contributed by atoms with Crippen LogP contribution in [0.4, 0.5) is 0 Å². The van der Waals surface area contributed by atoms with Gasteiger partial charge in [0.15, 0.2) is 0 Å². The van der Waals surface area contributed by atoms with Crippen molar-refractivity contribution in [1.29, 1.82) is 0 Å². The predicted octanol–water partition coefficient (Wildman–Crippen LogP) is 12.3. The van der Waals surface area contributed by atoms with Gasteiger partial charge in [-0.25, -0.2) is 0 Å². The molecule has 0 aromatic heterocycles. The molecule has 0 saturated carbocycles. The number of benzene rings is 4. The Morgan fingerprint density at radius 3 is 1.65 bits per heavy atom. The second kappa shape index (κ2) is 14.9. The Morgan fingerprint density at radius 1 is 0.646 bits per heavy atom. The van der Waals surface area contributed by atoms with Crippen LogP contribution in [0.5, 0.6) is 0 Å². The Morgan fingerprint density at radius 2 is 1.19 bits per heavy atom. The number of rotatable bonds is 6. The molecule has 0 nitrogen and oxygen atoms in total. The summed E-state index contributed by atoms with van der Waals surface area (Å²) < 4.78 is 5.02. The Hall–Kier alpha value is -2.31. The molecule has 2 aliphatic rings. The zero-order valence-electron chi connectivity index (χ0n) is 30.6. The first kappa shape index (κ1) is 38.5. The molecule has 4 aromatic rings. The zero-order chi connectivity index (χ0) is 33.0. The summed E-state index contributed by atoms with van der Waals surface area (Å²) in [6.45, 7) is 23.5. The van der Waals surface area contributed by atoms with E-state index in [1.54, 1.807) is 20.9 Å². The van der Waals surface area contributed by atoms with Gasteiger partial charge in [-0.1, -0.05) is 0 Å². The van der Waals surface area contributed by atoms with Gasteiger partial charge in [0.05, 0.1) is 0 Å². The molecule has 0 heterocycles. The van der Waals surface area contributed by atoms with Crippen LogP contribution in [-0.4, -0.2) is 3.21 Å². The predicted molar refractivity (Wildman–Crippen MR) is 212 cm³/mol. The molecule has 0 bridgehead atoms. The molecular weight excluding hydrogens is 703 g/mol.